The Hall–Kier alpha value is -0.970. The highest BCUT2D eigenvalue weighted by atomic mass is 19.1. The number of benzene rings is 1. The van der Waals surface area contributed by atoms with Crippen molar-refractivity contribution in [3.8, 4) is 0 Å². The number of ether oxygens (including phenoxy) is 1. The second-order valence-electron chi connectivity index (χ2n) is 3.98. The average Bonchev–Trinajstić information content (AvgIpc) is 2.33. The number of hydrogen-bond acceptors (Lipinski definition) is 3. The summed E-state index contributed by atoms with van der Waals surface area (Å²) in [4.78, 5) is 2.20. The molecule has 16 heavy (non-hydrogen) atoms. The van der Waals surface area contributed by atoms with Gasteiger partial charge in [-0.3, -0.25) is 4.90 Å². The maximum Gasteiger partial charge on any atom is 0.132 e. The van der Waals surface area contributed by atoms with Gasteiger partial charge in [-0.1, -0.05) is 18.2 Å². The van der Waals surface area contributed by atoms with Gasteiger partial charge in [-0.15, -0.1) is 0 Å². The van der Waals surface area contributed by atoms with Crippen LogP contribution in [-0.4, -0.2) is 31.2 Å². The van der Waals surface area contributed by atoms with E-state index >= 15 is 0 Å². The molecule has 1 fully saturated rings. The van der Waals surface area contributed by atoms with Gasteiger partial charge in [0.1, 0.15) is 5.82 Å². The van der Waals surface area contributed by atoms with Crippen LogP contribution < -0.4 is 5.73 Å². The molecule has 0 bridgehead atoms. The standard InChI is InChI=1S/C12H17FN2O/c13-12-10(8-14)2-1-3-11(12)9-15-4-6-16-7-5-15/h1-3H,4-9,14H2. The first-order chi connectivity index (χ1) is 7.81. The Balaban J connectivity index is 2.08. The smallest absolute Gasteiger partial charge is 0.132 e. The molecule has 0 radical (unpaired) electrons. The van der Waals surface area contributed by atoms with Crippen molar-refractivity contribution in [3.05, 3.63) is 35.1 Å². The van der Waals surface area contributed by atoms with Crippen LogP contribution in [0.5, 0.6) is 0 Å². The lowest BCUT2D eigenvalue weighted by Gasteiger charge is -2.26. The number of nitrogens with two attached hydrogens (primary N) is 1. The van der Waals surface area contributed by atoms with E-state index in [0.717, 1.165) is 31.9 Å². The molecule has 0 atom stereocenters. The summed E-state index contributed by atoms with van der Waals surface area (Å²) in [5.41, 5.74) is 6.79. The lowest BCUT2D eigenvalue weighted by molar-refractivity contribution is 0.0337. The van der Waals surface area contributed by atoms with Crippen molar-refractivity contribution >= 4 is 0 Å². The topological polar surface area (TPSA) is 38.5 Å². The highest BCUT2D eigenvalue weighted by molar-refractivity contribution is 5.25. The normalized spacial score (nSPS) is 17.6. The third-order valence-corrected chi connectivity index (χ3v) is 2.88. The summed E-state index contributed by atoms with van der Waals surface area (Å²) in [7, 11) is 0. The molecule has 88 valence electrons. The Kier molecular flexibility index (Phi) is 3.88. The van der Waals surface area contributed by atoms with Crippen LogP contribution in [0.2, 0.25) is 0 Å². The molecule has 1 aliphatic heterocycles. The van der Waals surface area contributed by atoms with E-state index in [-0.39, 0.29) is 12.4 Å². The number of hydrogen-bond donors (Lipinski definition) is 1. The summed E-state index contributed by atoms with van der Waals surface area (Å²) >= 11 is 0. The molecule has 0 amide bonds. The van der Waals surface area contributed by atoms with E-state index in [2.05, 4.69) is 4.90 Å². The molecule has 2 N–H and O–H groups in total. The molecule has 3 nitrogen and oxygen atoms in total. The predicted octanol–water partition coefficient (Wildman–Crippen LogP) is 1.12. The average molecular weight is 224 g/mol. The summed E-state index contributed by atoms with van der Waals surface area (Å²) in [5.74, 6) is -0.156. The minimum absolute atomic E-state index is 0.156. The molecule has 0 aliphatic carbocycles. The Morgan fingerprint density at radius 1 is 1.25 bits per heavy atom. The van der Waals surface area contributed by atoms with Gasteiger partial charge in [0, 0.05) is 37.3 Å². The van der Waals surface area contributed by atoms with E-state index in [1.807, 2.05) is 12.1 Å². The summed E-state index contributed by atoms with van der Waals surface area (Å²) < 4.78 is 19.1. The van der Waals surface area contributed by atoms with E-state index in [0.29, 0.717) is 12.1 Å². The zero-order valence-corrected chi connectivity index (χ0v) is 9.29. The number of morpholine rings is 1. The molecule has 1 aliphatic rings. The minimum Gasteiger partial charge on any atom is -0.379 e. The van der Waals surface area contributed by atoms with Crippen LogP contribution in [-0.2, 0) is 17.8 Å². The minimum atomic E-state index is -0.156. The largest absolute Gasteiger partial charge is 0.379 e. The first-order valence-electron chi connectivity index (χ1n) is 5.57. The van der Waals surface area contributed by atoms with Gasteiger partial charge < -0.3 is 10.5 Å². The fraction of sp³-hybridized carbons (Fsp3) is 0.500. The Bertz CT molecular complexity index is 351. The van der Waals surface area contributed by atoms with Gasteiger partial charge in [-0.25, -0.2) is 4.39 Å². The zero-order chi connectivity index (χ0) is 11.4. The van der Waals surface area contributed by atoms with Gasteiger partial charge in [0.15, 0.2) is 0 Å². The van der Waals surface area contributed by atoms with Gasteiger partial charge in [-0.05, 0) is 0 Å². The van der Waals surface area contributed by atoms with Gasteiger partial charge in [0.05, 0.1) is 13.2 Å². The Morgan fingerprint density at radius 2 is 1.94 bits per heavy atom. The van der Waals surface area contributed by atoms with Crippen LogP contribution in [0.3, 0.4) is 0 Å². The predicted molar refractivity (Wildman–Crippen MR) is 60.4 cm³/mol. The van der Waals surface area contributed by atoms with Crippen molar-refractivity contribution in [1.82, 2.24) is 4.90 Å². The van der Waals surface area contributed by atoms with Crippen LogP contribution in [0.15, 0.2) is 18.2 Å². The summed E-state index contributed by atoms with van der Waals surface area (Å²) in [6.45, 7) is 4.10. The molecule has 1 heterocycles. The molecule has 1 aromatic carbocycles. The molecule has 2 rings (SSSR count). The van der Waals surface area contributed by atoms with Crippen LogP contribution in [0, 0.1) is 5.82 Å². The van der Waals surface area contributed by atoms with Crippen molar-refractivity contribution in [2.24, 2.45) is 5.73 Å². The molecule has 4 heteroatoms. The summed E-state index contributed by atoms with van der Waals surface area (Å²) in [6.07, 6.45) is 0. The van der Waals surface area contributed by atoms with Gasteiger partial charge in [0.25, 0.3) is 0 Å². The lowest BCUT2D eigenvalue weighted by atomic mass is 10.1. The van der Waals surface area contributed by atoms with E-state index < -0.39 is 0 Å². The summed E-state index contributed by atoms with van der Waals surface area (Å²) in [5, 5.41) is 0. The molecule has 0 aromatic heterocycles. The van der Waals surface area contributed by atoms with E-state index in [1.54, 1.807) is 6.07 Å². The molecule has 1 saturated heterocycles. The second-order valence-corrected chi connectivity index (χ2v) is 3.98. The second kappa shape index (κ2) is 5.39. The van der Waals surface area contributed by atoms with E-state index in [9.17, 15) is 4.39 Å². The van der Waals surface area contributed by atoms with Crippen molar-refractivity contribution in [2.45, 2.75) is 13.1 Å². The monoisotopic (exact) mass is 224 g/mol. The Morgan fingerprint density at radius 3 is 2.62 bits per heavy atom. The van der Waals surface area contributed by atoms with Gasteiger partial charge in [-0.2, -0.15) is 0 Å². The third kappa shape index (κ3) is 2.58. The summed E-state index contributed by atoms with van der Waals surface area (Å²) in [6, 6.07) is 5.42. The van der Waals surface area contributed by atoms with Crippen molar-refractivity contribution in [3.63, 3.8) is 0 Å². The molecule has 1 aromatic rings. The molecule has 0 spiro atoms. The first-order valence-corrected chi connectivity index (χ1v) is 5.57. The zero-order valence-electron chi connectivity index (χ0n) is 9.29. The van der Waals surface area contributed by atoms with Crippen molar-refractivity contribution in [1.29, 1.82) is 0 Å². The fourth-order valence-corrected chi connectivity index (χ4v) is 1.91. The van der Waals surface area contributed by atoms with Crippen molar-refractivity contribution in [2.75, 3.05) is 26.3 Å². The highest BCUT2D eigenvalue weighted by Gasteiger charge is 2.14. The quantitative estimate of drug-likeness (QED) is 0.836. The number of rotatable bonds is 3. The van der Waals surface area contributed by atoms with Crippen molar-refractivity contribution < 1.29 is 9.13 Å². The first kappa shape index (κ1) is 11.5. The molecular weight excluding hydrogens is 207 g/mol. The van der Waals surface area contributed by atoms with E-state index in [4.69, 9.17) is 10.5 Å². The van der Waals surface area contributed by atoms with E-state index in [1.165, 1.54) is 0 Å². The van der Waals surface area contributed by atoms with Crippen LogP contribution in [0.4, 0.5) is 4.39 Å². The van der Waals surface area contributed by atoms with Crippen LogP contribution >= 0.6 is 0 Å². The maximum absolute atomic E-state index is 13.9. The SMILES string of the molecule is NCc1cccc(CN2CCOCC2)c1F. The molecule has 0 saturated carbocycles. The number of halogens is 1. The maximum atomic E-state index is 13.9. The van der Waals surface area contributed by atoms with Crippen LogP contribution in [0.1, 0.15) is 11.1 Å². The third-order valence-electron chi connectivity index (χ3n) is 2.88. The highest BCUT2D eigenvalue weighted by Crippen LogP contribution is 2.15. The lowest BCUT2D eigenvalue weighted by Crippen LogP contribution is -2.35. The van der Waals surface area contributed by atoms with Gasteiger partial charge in [0.2, 0.25) is 0 Å². The number of nitrogens with zero attached hydrogens (tertiary/aromatic N) is 1. The molecular formula is C12H17FN2O. The van der Waals surface area contributed by atoms with Gasteiger partial charge >= 0.3 is 0 Å². The molecule has 0 unspecified atom stereocenters. The fourth-order valence-electron chi connectivity index (χ4n) is 1.91. The van der Waals surface area contributed by atoms with Crippen LogP contribution in [0.25, 0.3) is 0 Å². The Labute approximate surface area is 95.0 Å².